The number of hydrogen-bond donors (Lipinski definition) is 1. The molecule has 0 aliphatic carbocycles. The first-order chi connectivity index (χ1) is 13.6. The first-order valence-electron chi connectivity index (χ1n) is 9.20. The van der Waals surface area contributed by atoms with Crippen LogP contribution in [0.2, 0.25) is 0 Å². The van der Waals surface area contributed by atoms with Gasteiger partial charge >= 0.3 is 0 Å². The fourth-order valence-electron chi connectivity index (χ4n) is 3.09. The molecule has 7 heteroatoms. The van der Waals surface area contributed by atoms with E-state index in [-0.39, 0.29) is 30.6 Å². The summed E-state index contributed by atoms with van der Waals surface area (Å²) < 4.78 is 10.9. The number of carbonyl (C=O) groups is 2. The predicted octanol–water partition coefficient (Wildman–Crippen LogP) is 2.15. The molecule has 2 aromatic rings. The van der Waals surface area contributed by atoms with Crippen LogP contribution in [0.5, 0.6) is 17.2 Å². The molecular formula is C21H24N2O5. The van der Waals surface area contributed by atoms with Crippen LogP contribution in [0.3, 0.4) is 0 Å². The lowest BCUT2D eigenvalue weighted by Crippen LogP contribution is -2.50. The Kier molecular flexibility index (Phi) is 6.37. The minimum Gasteiger partial charge on any atom is -0.508 e. The topological polar surface area (TPSA) is 79.3 Å². The highest BCUT2D eigenvalue weighted by atomic mass is 16.5. The lowest BCUT2D eigenvalue weighted by molar-refractivity contribution is -0.133. The molecule has 0 saturated carbocycles. The summed E-state index contributed by atoms with van der Waals surface area (Å²) in [4.78, 5) is 28.4. The molecule has 148 valence electrons. The molecule has 2 amide bonds. The molecule has 28 heavy (non-hydrogen) atoms. The van der Waals surface area contributed by atoms with Gasteiger partial charge in [0.2, 0.25) is 5.91 Å². The third kappa shape index (κ3) is 4.73. The van der Waals surface area contributed by atoms with Gasteiger partial charge in [-0.3, -0.25) is 9.59 Å². The van der Waals surface area contributed by atoms with Gasteiger partial charge in [0.1, 0.15) is 5.75 Å². The molecule has 1 aliphatic rings. The monoisotopic (exact) mass is 384 g/mol. The van der Waals surface area contributed by atoms with Gasteiger partial charge in [0.25, 0.3) is 5.91 Å². The summed E-state index contributed by atoms with van der Waals surface area (Å²) in [6, 6.07) is 13.5. The number of nitrogens with zero attached hydrogens (tertiary/aromatic N) is 2. The van der Waals surface area contributed by atoms with Crippen molar-refractivity contribution in [3.63, 3.8) is 0 Å². The van der Waals surface area contributed by atoms with Crippen LogP contribution in [0, 0.1) is 0 Å². The van der Waals surface area contributed by atoms with Crippen molar-refractivity contribution < 1.29 is 24.2 Å². The molecule has 1 heterocycles. The smallest absolute Gasteiger partial charge is 0.253 e. The van der Waals surface area contributed by atoms with Gasteiger partial charge in [0.15, 0.2) is 11.5 Å². The third-order valence-corrected chi connectivity index (χ3v) is 4.68. The maximum atomic E-state index is 12.5. The van der Waals surface area contributed by atoms with Gasteiger partial charge in [0.05, 0.1) is 20.1 Å². The standard InChI is InChI=1S/C21H24N2O5/c1-27-18-4-2-3-5-19(18)28-15-10-20(25)22-11-13-23(14-12-22)21(26)16-6-8-17(24)9-7-16/h2-9,24H,10-15H2,1H3. The third-order valence-electron chi connectivity index (χ3n) is 4.68. The molecular weight excluding hydrogens is 360 g/mol. The zero-order valence-electron chi connectivity index (χ0n) is 15.8. The lowest BCUT2D eigenvalue weighted by Gasteiger charge is -2.35. The van der Waals surface area contributed by atoms with Crippen LogP contribution in [0.25, 0.3) is 0 Å². The van der Waals surface area contributed by atoms with Crippen molar-refractivity contribution in [1.82, 2.24) is 9.80 Å². The van der Waals surface area contributed by atoms with Crippen molar-refractivity contribution in [1.29, 1.82) is 0 Å². The Hall–Kier alpha value is -3.22. The Morgan fingerprint density at radius 2 is 1.54 bits per heavy atom. The lowest BCUT2D eigenvalue weighted by atomic mass is 10.1. The maximum absolute atomic E-state index is 12.5. The summed E-state index contributed by atoms with van der Waals surface area (Å²) in [5.41, 5.74) is 0.530. The molecule has 1 aliphatic heterocycles. The summed E-state index contributed by atoms with van der Waals surface area (Å²) >= 11 is 0. The number of amides is 2. The second-order valence-electron chi connectivity index (χ2n) is 6.47. The number of phenols is 1. The zero-order chi connectivity index (χ0) is 19.9. The van der Waals surface area contributed by atoms with E-state index in [9.17, 15) is 14.7 Å². The molecule has 0 spiro atoms. The fraction of sp³-hybridized carbons (Fsp3) is 0.333. The van der Waals surface area contributed by atoms with E-state index >= 15 is 0 Å². The van der Waals surface area contributed by atoms with Crippen molar-refractivity contribution >= 4 is 11.8 Å². The summed E-state index contributed by atoms with van der Waals surface area (Å²) in [5.74, 6) is 1.29. The first kappa shape index (κ1) is 19.5. The molecule has 7 nitrogen and oxygen atoms in total. The minimum atomic E-state index is -0.0911. The van der Waals surface area contributed by atoms with Gasteiger partial charge in [-0.15, -0.1) is 0 Å². The Balaban J connectivity index is 1.44. The van der Waals surface area contributed by atoms with Crippen molar-refractivity contribution in [3.05, 3.63) is 54.1 Å². The molecule has 3 rings (SSSR count). The fourth-order valence-corrected chi connectivity index (χ4v) is 3.09. The first-order valence-corrected chi connectivity index (χ1v) is 9.20. The number of methoxy groups -OCH3 is 1. The van der Waals surface area contributed by atoms with Crippen LogP contribution in [-0.4, -0.2) is 66.6 Å². The quantitative estimate of drug-likeness (QED) is 0.826. The zero-order valence-corrected chi connectivity index (χ0v) is 15.8. The van der Waals surface area contributed by atoms with Crippen LogP contribution in [0.15, 0.2) is 48.5 Å². The highest BCUT2D eigenvalue weighted by Crippen LogP contribution is 2.25. The SMILES string of the molecule is COc1ccccc1OCCC(=O)N1CCN(C(=O)c2ccc(O)cc2)CC1. The number of aromatic hydroxyl groups is 1. The van der Waals surface area contributed by atoms with Crippen LogP contribution < -0.4 is 9.47 Å². The molecule has 0 aromatic heterocycles. The number of benzene rings is 2. The van der Waals surface area contributed by atoms with E-state index in [0.29, 0.717) is 43.2 Å². The summed E-state index contributed by atoms with van der Waals surface area (Å²) in [6.07, 6.45) is 0.268. The van der Waals surface area contributed by atoms with E-state index in [2.05, 4.69) is 0 Å². The Morgan fingerprint density at radius 3 is 2.18 bits per heavy atom. The van der Waals surface area contributed by atoms with E-state index in [1.807, 2.05) is 18.2 Å². The average Bonchev–Trinajstić information content (AvgIpc) is 2.74. The van der Waals surface area contributed by atoms with Crippen molar-refractivity contribution in [2.75, 3.05) is 39.9 Å². The molecule has 0 radical (unpaired) electrons. The molecule has 1 N–H and O–H groups in total. The van der Waals surface area contributed by atoms with Crippen molar-refractivity contribution in [2.45, 2.75) is 6.42 Å². The van der Waals surface area contributed by atoms with Crippen LogP contribution in [-0.2, 0) is 4.79 Å². The number of phenolic OH excluding ortho intramolecular Hbond substituents is 1. The van der Waals surface area contributed by atoms with Gasteiger partial charge in [-0.1, -0.05) is 12.1 Å². The molecule has 0 bridgehead atoms. The number of carbonyl (C=O) groups excluding carboxylic acids is 2. The van der Waals surface area contributed by atoms with Gasteiger partial charge in [-0.25, -0.2) is 0 Å². The molecule has 2 aromatic carbocycles. The van der Waals surface area contributed by atoms with Crippen LogP contribution in [0.4, 0.5) is 0 Å². The average molecular weight is 384 g/mol. The number of piperazine rings is 1. The second kappa shape index (κ2) is 9.12. The summed E-state index contributed by atoms with van der Waals surface area (Å²) in [5, 5.41) is 9.33. The molecule has 1 saturated heterocycles. The van der Waals surface area contributed by atoms with Crippen molar-refractivity contribution in [3.8, 4) is 17.2 Å². The highest BCUT2D eigenvalue weighted by molar-refractivity contribution is 5.94. The minimum absolute atomic E-state index is 0.00614. The number of hydrogen-bond acceptors (Lipinski definition) is 5. The Bertz CT molecular complexity index is 814. The van der Waals surface area contributed by atoms with Gasteiger partial charge in [-0.05, 0) is 36.4 Å². The van der Waals surface area contributed by atoms with Crippen molar-refractivity contribution in [2.24, 2.45) is 0 Å². The van der Waals surface area contributed by atoms with Gasteiger partial charge < -0.3 is 24.4 Å². The van der Waals surface area contributed by atoms with E-state index in [1.165, 1.54) is 12.1 Å². The Morgan fingerprint density at radius 1 is 0.929 bits per heavy atom. The predicted molar refractivity (Wildman–Crippen MR) is 104 cm³/mol. The second-order valence-corrected chi connectivity index (χ2v) is 6.47. The summed E-state index contributed by atoms with van der Waals surface area (Å²) in [7, 11) is 1.58. The molecule has 1 fully saturated rings. The normalized spacial score (nSPS) is 13.9. The maximum Gasteiger partial charge on any atom is 0.253 e. The van der Waals surface area contributed by atoms with Crippen LogP contribution >= 0.6 is 0 Å². The van der Waals surface area contributed by atoms with E-state index in [1.54, 1.807) is 35.1 Å². The highest BCUT2D eigenvalue weighted by Gasteiger charge is 2.24. The van der Waals surface area contributed by atoms with Gasteiger partial charge in [-0.2, -0.15) is 0 Å². The molecule has 0 atom stereocenters. The van der Waals surface area contributed by atoms with Gasteiger partial charge in [0, 0.05) is 31.7 Å². The van der Waals surface area contributed by atoms with E-state index in [0.717, 1.165) is 0 Å². The Labute approximate surface area is 164 Å². The van der Waals surface area contributed by atoms with Crippen LogP contribution in [0.1, 0.15) is 16.8 Å². The summed E-state index contributed by atoms with van der Waals surface area (Å²) in [6.45, 7) is 2.23. The largest absolute Gasteiger partial charge is 0.508 e. The number of rotatable bonds is 6. The number of ether oxygens (including phenoxy) is 2. The van der Waals surface area contributed by atoms with E-state index in [4.69, 9.17) is 9.47 Å². The van der Waals surface area contributed by atoms with E-state index < -0.39 is 0 Å². The number of para-hydroxylation sites is 2. The molecule has 0 unspecified atom stereocenters.